The van der Waals surface area contributed by atoms with Gasteiger partial charge in [-0.05, 0) is 42.8 Å². The van der Waals surface area contributed by atoms with Crippen LogP contribution in [0.2, 0.25) is 10.0 Å². The van der Waals surface area contributed by atoms with Gasteiger partial charge in [-0.25, -0.2) is 4.98 Å². The number of nitrogens with one attached hydrogen (secondary N) is 2. The van der Waals surface area contributed by atoms with E-state index >= 15 is 0 Å². The second kappa shape index (κ2) is 7.73. The monoisotopic (exact) mass is 428 g/mol. The Morgan fingerprint density at radius 3 is 2.54 bits per heavy atom. The number of hydrazine groups is 1. The number of halogens is 5. The molecule has 28 heavy (non-hydrogen) atoms. The quantitative estimate of drug-likeness (QED) is 0.556. The number of amides is 1. The molecular formula is C18H13Cl2F3N4O. The summed E-state index contributed by atoms with van der Waals surface area (Å²) in [6, 6.07) is 9.34. The third kappa shape index (κ3) is 4.23. The number of rotatable bonds is 4. The smallest absolute Gasteiger partial charge is 0.311 e. The van der Waals surface area contributed by atoms with Gasteiger partial charge in [0.2, 0.25) is 0 Å². The maximum Gasteiger partial charge on any atom is 0.417 e. The van der Waals surface area contributed by atoms with Crippen molar-refractivity contribution in [2.24, 2.45) is 0 Å². The average molecular weight is 429 g/mol. The van der Waals surface area contributed by atoms with E-state index in [1.807, 2.05) is 13.0 Å². The number of benzene rings is 1. The SMILES string of the molecule is Cc1ccc(-n2cccc2C(=O)NNc2ncc(C(F)(F)F)cc2Cl)c(Cl)c1. The van der Waals surface area contributed by atoms with E-state index in [-0.39, 0.29) is 16.5 Å². The number of aryl methyl sites for hydroxylation is 1. The lowest BCUT2D eigenvalue weighted by molar-refractivity contribution is -0.137. The highest BCUT2D eigenvalue weighted by molar-refractivity contribution is 6.33. The molecule has 10 heteroatoms. The molecule has 0 aliphatic carbocycles. The zero-order valence-electron chi connectivity index (χ0n) is 14.3. The summed E-state index contributed by atoms with van der Waals surface area (Å²) in [4.78, 5) is 16.1. The van der Waals surface area contributed by atoms with E-state index in [1.54, 1.807) is 35.0 Å². The van der Waals surface area contributed by atoms with Crippen molar-refractivity contribution >= 4 is 34.9 Å². The standard InChI is InChI=1S/C18H13Cl2F3N4O/c1-10-4-5-14(12(19)7-10)27-6-2-3-15(27)17(28)26-25-16-13(20)8-11(9-24-16)18(21,22)23/h2-9H,1H3,(H,24,25)(H,26,28). The number of pyridine rings is 1. The molecule has 146 valence electrons. The zero-order chi connectivity index (χ0) is 20.5. The Balaban J connectivity index is 1.78. The van der Waals surface area contributed by atoms with Crippen molar-refractivity contribution in [3.8, 4) is 5.69 Å². The Morgan fingerprint density at radius 1 is 1.14 bits per heavy atom. The number of hydrogen-bond donors (Lipinski definition) is 2. The molecule has 2 heterocycles. The first-order valence-electron chi connectivity index (χ1n) is 7.90. The number of alkyl halides is 3. The highest BCUT2D eigenvalue weighted by Gasteiger charge is 2.31. The highest BCUT2D eigenvalue weighted by Crippen LogP contribution is 2.32. The summed E-state index contributed by atoms with van der Waals surface area (Å²) in [5, 5.41) is 0.178. The minimum Gasteiger partial charge on any atom is -0.311 e. The third-order valence-corrected chi connectivity index (χ3v) is 4.40. The Labute approximate surface area is 168 Å². The fourth-order valence-electron chi connectivity index (χ4n) is 2.45. The Hall–Kier alpha value is -2.71. The number of carbonyl (C=O) groups excluding carboxylic acids is 1. The summed E-state index contributed by atoms with van der Waals surface area (Å²) in [5.41, 5.74) is 5.62. The molecule has 2 N–H and O–H groups in total. The van der Waals surface area contributed by atoms with Crippen molar-refractivity contribution in [3.05, 3.63) is 75.7 Å². The van der Waals surface area contributed by atoms with Gasteiger partial charge in [0.1, 0.15) is 5.69 Å². The van der Waals surface area contributed by atoms with Crippen LogP contribution in [0.5, 0.6) is 0 Å². The van der Waals surface area contributed by atoms with Crippen LogP contribution >= 0.6 is 23.2 Å². The maximum absolute atomic E-state index is 12.7. The molecule has 0 spiro atoms. The lowest BCUT2D eigenvalue weighted by Crippen LogP contribution is -2.31. The van der Waals surface area contributed by atoms with E-state index in [0.29, 0.717) is 16.9 Å². The van der Waals surface area contributed by atoms with Crippen molar-refractivity contribution in [1.29, 1.82) is 0 Å². The number of anilines is 1. The summed E-state index contributed by atoms with van der Waals surface area (Å²) >= 11 is 12.1. The van der Waals surface area contributed by atoms with Gasteiger partial charge in [0.05, 0.1) is 21.3 Å². The molecule has 1 amide bonds. The number of aromatic nitrogens is 2. The van der Waals surface area contributed by atoms with Gasteiger partial charge < -0.3 is 4.57 Å². The van der Waals surface area contributed by atoms with Crippen LogP contribution in [0.15, 0.2) is 48.8 Å². The normalized spacial score (nSPS) is 11.4. The molecule has 0 fully saturated rings. The highest BCUT2D eigenvalue weighted by atomic mass is 35.5. The molecule has 0 atom stereocenters. The molecule has 0 radical (unpaired) electrons. The van der Waals surface area contributed by atoms with E-state index in [9.17, 15) is 18.0 Å². The van der Waals surface area contributed by atoms with E-state index in [2.05, 4.69) is 15.8 Å². The Bertz CT molecular complexity index is 1030. The summed E-state index contributed by atoms with van der Waals surface area (Å²) in [6.45, 7) is 1.89. The minimum atomic E-state index is -4.56. The van der Waals surface area contributed by atoms with E-state index in [4.69, 9.17) is 23.2 Å². The van der Waals surface area contributed by atoms with Gasteiger partial charge in [-0.1, -0.05) is 29.3 Å². The van der Waals surface area contributed by atoms with Gasteiger partial charge in [0.25, 0.3) is 5.91 Å². The maximum atomic E-state index is 12.7. The second-order valence-electron chi connectivity index (χ2n) is 5.85. The van der Waals surface area contributed by atoms with Crippen LogP contribution in [-0.2, 0) is 6.18 Å². The van der Waals surface area contributed by atoms with Crippen LogP contribution in [0.3, 0.4) is 0 Å². The summed E-state index contributed by atoms with van der Waals surface area (Å²) in [6.07, 6.45) is -2.28. The zero-order valence-corrected chi connectivity index (χ0v) is 15.8. The summed E-state index contributed by atoms with van der Waals surface area (Å²) < 4.78 is 39.6. The largest absolute Gasteiger partial charge is 0.417 e. The molecule has 0 aliphatic heterocycles. The van der Waals surface area contributed by atoms with Crippen LogP contribution < -0.4 is 10.9 Å². The fourth-order valence-corrected chi connectivity index (χ4v) is 2.99. The van der Waals surface area contributed by atoms with Gasteiger partial charge in [-0.2, -0.15) is 13.2 Å². The van der Waals surface area contributed by atoms with Gasteiger partial charge in [0.15, 0.2) is 5.82 Å². The molecule has 5 nitrogen and oxygen atoms in total. The average Bonchev–Trinajstić information content (AvgIpc) is 3.09. The molecule has 2 aromatic heterocycles. The lowest BCUT2D eigenvalue weighted by atomic mass is 10.2. The Kier molecular flexibility index (Phi) is 5.53. The molecule has 3 rings (SSSR count). The fraction of sp³-hybridized carbons (Fsp3) is 0.111. The van der Waals surface area contributed by atoms with Crippen LogP contribution in [0.1, 0.15) is 21.6 Å². The number of hydrogen-bond acceptors (Lipinski definition) is 3. The molecule has 3 aromatic rings. The van der Waals surface area contributed by atoms with Crippen molar-refractivity contribution in [3.63, 3.8) is 0 Å². The Morgan fingerprint density at radius 2 is 1.89 bits per heavy atom. The van der Waals surface area contributed by atoms with Crippen molar-refractivity contribution < 1.29 is 18.0 Å². The third-order valence-electron chi connectivity index (χ3n) is 3.81. The first-order valence-corrected chi connectivity index (χ1v) is 8.65. The van der Waals surface area contributed by atoms with Crippen molar-refractivity contribution in [2.45, 2.75) is 13.1 Å². The molecule has 0 saturated carbocycles. The molecule has 0 saturated heterocycles. The van der Waals surface area contributed by atoms with E-state index in [1.165, 1.54) is 0 Å². The van der Waals surface area contributed by atoms with Gasteiger partial charge in [-0.15, -0.1) is 0 Å². The summed E-state index contributed by atoms with van der Waals surface area (Å²) in [5.74, 6) is -0.672. The molecule has 1 aromatic carbocycles. The van der Waals surface area contributed by atoms with Crippen molar-refractivity contribution in [2.75, 3.05) is 5.43 Å². The topological polar surface area (TPSA) is 59.0 Å². The van der Waals surface area contributed by atoms with Crippen LogP contribution in [0, 0.1) is 6.92 Å². The van der Waals surface area contributed by atoms with Crippen molar-refractivity contribution in [1.82, 2.24) is 15.0 Å². The molecule has 0 aliphatic rings. The molecule has 0 unspecified atom stereocenters. The van der Waals surface area contributed by atoms with E-state index in [0.717, 1.165) is 11.6 Å². The number of carbonyl (C=O) groups is 1. The van der Waals surface area contributed by atoms with Gasteiger partial charge >= 0.3 is 6.18 Å². The summed E-state index contributed by atoms with van der Waals surface area (Å²) in [7, 11) is 0. The first-order chi connectivity index (χ1) is 13.2. The lowest BCUT2D eigenvalue weighted by Gasteiger charge is -2.14. The van der Waals surface area contributed by atoms with Crippen LogP contribution in [0.25, 0.3) is 5.69 Å². The molecule has 0 bridgehead atoms. The minimum absolute atomic E-state index is 0.116. The van der Waals surface area contributed by atoms with Gasteiger partial charge in [-0.3, -0.25) is 15.6 Å². The van der Waals surface area contributed by atoms with Crippen LogP contribution in [0.4, 0.5) is 19.0 Å². The predicted octanol–water partition coefficient (Wildman–Crippen LogP) is 5.26. The van der Waals surface area contributed by atoms with E-state index < -0.39 is 17.6 Å². The molecular weight excluding hydrogens is 416 g/mol. The van der Waals surface area contributed by atoms with Crippen LogP contribution in [-0.4, -0.2) is 15.5 Å². The second-order valence-corrected chi connectivity index (χ2v) is 6.66. The first kappa shape index (κ1) is 20.0. The van der Waals surface area contributed by atoms with Gasteiger partial charge in [0, 0.05) is 12.4 Å². The predicted molar refractivity (Wildman–Crippen MR) is 101 cm³/mol. The number of nitrogens with zero attached hydrogens (tertiary/aromatic N) is 2.